The topological polar surface area (TPSA) is 75.6 Å². The van der Waals surface area contributed by atoms with Gasteiger partial charge in [-0.2, -0.15) is 0 Å². The van der Waals surface area contributed by atoms with Crippen LogP contribution in [0.5, 0.6) is 5.75 Å². The van der Waals surface area contributed by atoms with Gasteiger partial charge in [-0.05, 0) is 53.3 Å². The number of carbonyl (C=O) groups excluding carboxylic acids is 1. The van der Waals surface area contributed by atoms with Gasteiger partial charge in [-0.15, -0.1) is 23.1 Å². The zero-order valence-electron chi connectivity index (χ0n) is 13.6. The van der Waals surface area contributed by atoms with Crippen LogP contribution < -0.4 is 10.1 Å². The first kappa shape index (κ1) is 17.8. The fourth-order valence-electron chi connectivity index (χ4n) is 2.68. The van der Waals surface area contributed by atoms with Crippen molar-refractivity contribution in [1.82, 2.24) is 5.32 Å². The predicted molar refractivity (Wildman–Crippen MR) is 99.5 cm³/mol. The summed E-state index contributed by atoms with van der Waals surface area (Å²) in [6, 6.07) is 9.32. The van der Waals surface area contributed by atoms with Crippen LogP contribution in [-0.4, -0.2) is 35.9 Å². The number of thiophene rings is 1. The Morgan fingerprint density at radius 3 is 2.80 bits per heavy atom. The third-order valence-corrected chi connectivity index (χ3v) is 6.15. The summed E-state index contributed by atoms with van der Waals surface area (Å²) in [5.41, 5.74) is 2.23. The van der Waals surface area contributed by atoms with Crippen LogP contribution in [0, 0.1) is 0 Å². The zero-order chi connectivity index (χ0) is 17.6. The van der Waals surface area contributed by atoms with E-state index in [1.165, 1.54) is 10.4 Å². The quantitative estimate of drug-likeness (QED) is 0.776. The molecule has 1 unspecified atom stereocenters. The number of aliphatic carboxylic acids is 1. The van der Waals surface area contributed by atoms with Gasteiger partial charge in [-0.25, -0.2) is 4.79 Å². The second-order valence-electron chi connectivity index (χ2n) is 5.67. The number of amides is 1. The smallest absolute Gasteiger partial charge is 0.341 e. The van der Waals surface area contributed by atoms with Crippen LogP contribution in [0.4, 0.5) is 0 Å². The molecule has 0 spiro atoms. The first-order valence-electron chi connectivity index (χ1n) is 8.02. The van der Waals surface area contributed by atoms with Crippen molar-refractivity contribution in [2.45, 2.75) is 18.1 Å². The van der Waals surface area contributed by atoms with Gasteiger partial charge in [0, 0.05) is 11.4 Å². The van der Waals surface area contributed by atoms with Gasteiger partial charge in [-0.3, -0.25) is 4.79 Å². The number of aryl methyl sites for hydroxylation is 1. The molecule has 1 amide bonds. The normalized spacial score (nSPS) is 16.1. The number of rotatable bonds is 7. The molecule has 2 heterocycles. The van der Waals surface area contributed by atoms with Gasteiger partial charge in [-0.1, -0.05) is 12.1 Å². The minimum Gasteiger partial charge on any atom is -0.482 e. The lowest BCUT2D eigenvalue weighted by Gasteiger charge is -2.21. The van der Waals surface area contributed by atoms with Crippen LogP contribution in [0.2, 0.25) is 0 Å². The number of carboxylic acid groups (broad SMARTS) is 1. The summed E-state index contributed by atoms with van der Waals surface area (Å²) in [6.45, 7) is 0.226. The largest absolute Gasteiger partial charge is 0.482 e. The van der Waals surface area contributed by atoms with Gasteiger partial charge < -0.3 is 15.2 Å². The van der Waals surface area contributed by atoms with Crippen LogP contribution in [0.3, 0.4) is 0 Å². The lowest BCUT2D eigenvalue weighted by atomic mass is 10.1. The fraction of sp³-hybridized carbons (Fsp3) is 0.333. The molecule has 0 saturated carbocycles. The molecule has 0 radical (unpaired) electrons. The molecule has 25 heavy (non-hydrogen) atoms. The third-order valence-electron chi connectivity index (χ3n) is 3.91. The molecule has 1 aromatic heterocycles. The van der Waals surface area contributed by atoms with Crippen molar-refractivity contribution in [3.05, 3.63) is 51.7 Å². The van der Waals surface area contributed by atoms with E-state index in [1.54, 1.807) is 35.2 Å². The Labute approximate surface area is 154 Å². The van der Waals surface area contributed by atoms with Gasteiger partial charge in [0.25, 0.3) is 0 Å². The van der Waals surface area contributed by atoms with Gasteiger partial charge >= 0.3 is 5.97 Å². The lowest BCUT2D eigenvalue weighted by molar-refractivity contribution is -0.139. The number of benzene rings is 1. The molecule has 132 valence electrons. The van der Waals surface area contributed by atoms with E-state index in [0.29, 0.717) is 12.3 Å². The number of carbonyl (C=O) groups is 2. The van der Waals surface area contributed by atoms with E-state index in [4.69, 9.17) is 9.84 Å². The van der Waals surface area contributed by atoms with E-state index in [1.807, 2.05) is 12.1 Å². The Morgan fingerprint density at radius 1 is 1.24 bits per heavy atom. The Bertz CT molecular complexity index is 742. The first-order chi connectivity index (χ1) is 12.1. The number of ether oxygens (including phenoxy) is 1. The standard InChI is InChI=1S/C18H19NO4S2/c20-16(21)11-23-13-3-1-12(2-4-13)5-8-19-18(22)17-14-6-9-24-15(14)7-10-25-17/h1-4,6,9,17H,5,7-8,10-11H2,(H,19,22)(H,20,21). The third kappa shape index (κ3) is 4.76. The SMILES string of the molecule is O=C(O)COc1ccc(CCNC(=O)C2SCCc3sccc32)cc1. The summed E-state index contributed by atoms with van der Waals surface area (Å²) in [5.74, 6) is 0.592. The van der Waals surface area contributed by atoms with Crippen molar-refractivity contribution in [1.29, 1.82) is 0 Å². The maximum Gasteiger partial charge on any atom is 0.341 e. The van der Waals surface area contributed by atoms with Crippen LogP contribution in [-0.2, 0) is 22.4 Å². The van der Waals surface area contributed by atoms with Crippen LogP contribution in [0.15, 0.2) is 35.7 Å². The average molecular weight is 377 g/mol. The molecule has 1 aliphatic rings. The number of carboxylic acids is 1. The van der Waals surface area contributed by atoms with Gasteiger partial charge in [0.2, 0.25) is 5.91 Å². The van der Waals surface area contributed by atoms with Crippen LogP contribution >= 0.6 is 23.1 Å². The van der Waals surface area contributed by atoms with E-state index < -0.39 is 5.97 Å². The van der Waals surface area contributed by atoms with E-state index in [-0.39, 0.29) is 17.8 Å². The Morgan fingerprint density at radius 2 is 2.04 bits per heavy atom. The summed E-state index contributed by atoms with van der Waals surface area (Å²) in [6.07, 6.45) is 1.77. The van der Waals surface area contributed by atoms with E-state index >= 15 is 0 Å². The molecule has 0 saturated heterocycles. The van der Waals surface area contributed by atoms with E-state index in [2.05, 4.69) is 16.8 Å². The number of fused-ring (bicyclic) bond motifs is 1. The summed E-state index contributed by atoms with van der Waals surface area (Å²) in [7, 11) is 0. The molecule has 1 atom stereocenters. The summed E-state index contributed by atoms with van der Waals surface area (Å²) in [4.78, 5) is 24.2. The highest BCUT2D eigenvalue weighted by atomic mass is 32.2. The molecule has 0 aliphatic carbocycles. The van der Waals surface area contributed by atoms with E-state index in [0.717, 1.165) is 24.2 Å². The van der Waals surface area contributed by atoms with Crippen LogP contribution in [0.1, 0.15) is 21.3 Å². The zero-order valence-corrected chi connectivity index (χ0v) is 15.2. The minimum atomic E-state index is -0.999. The van der Waals surface area contributed by atoms with Gasteiger partial charge in [0.05, 0.1) is 0 Å². The Kier molecular flexibility index (Phi) is 5.99. The van der Waals surface area contributed by atoms with Crippen molar-refractivity contribution in [2.75, 3.05) is 18.9 Å². The highest BCUT2D eigenvalue weighted by molar-refractivity contribution is 8.00. The van der Waals surface area contributed by atoms with Crippen molar-refractivity contribution in [2.24, 2.45) is 0 Å². The molecule has 7 heteroatoms. The highest BCUT2D eigenvalue weighted by Gasteiger charge is 2.27. The van der Waals surface area contributed by atoms with Gasteiger partial charge in [0.1, 0.15) is 11.0 Å². The molecule has 2 aromatic rings. The number of thioether (sulfide) groups is 1. The van der Waals surface area contributed by atoms with Gasteiger partial charge in [0.15, 0.2) is 6.61 Å². The fourth-order valence-corrected chi connectivity index (χ4v) is 5.00. The monoisotopic (exact) mass is 377 g/mol. The summed E-state index contributed by atoms with van der Waals surface area (Å²) >= 11 is 3.44. The molecule has 1 aromatic carbocycles. The molecule has 2 N–H and O–H groups in total. The Hall–Kier alpha value is -1.99. The number of hydrogen-bond donors (Lipinski definition) is 2. The van der Waals surface area contributed by atoms with Crippen molar-refractivity contribution in [3.8, 4) is 5.75 Å². The van der Waals surface area contributed by atoms with Crippen molar-refractivity contribution < 1.29 is 19.4 Å². The average Bonchev–Trinajstić information content (AvgIpc) is 3.09. The number of hydrogen-bond acceptors (Lipinski definition) is 5. The second-order valence-corrected chi connectivity index (χ2v) is 7.88. The molecular weight excluding hydrogens is 358 g/mol. The maximum atomic E-state index is 12.4. The molecule has 0 bridgehead atoms. The van der Waals surface area contributed by atoms with E-state index in [9.17, 15) is 9.59 Å². The molecule has 3 rings (SSSR count). The lowest BCUT2D eigenvalue weighted by Crippen LogP contribution is -2.31. The summed E-state index contributed by atoms with van der Waals surface area (Å²) in [5, 5.41) is 13.6. The number of nitrogens with one attached hydrogen (secondary N) is 1. The molecular formula is C18H19NO4S2. The van der Waals surface area contributed by atoms with Crippen molar-refractivity contribution >= 4 is 35.0 Å². The second kappa shape index (κ2) is 8.40. The van der Waals surface area contributed by atoms with Crippen molar-refractivity contribution in [3.63, 3.8) is 0 Å². The maximum absolute atomic E-state index is 12.4. The summed E-state index contributed by atoms with van der Waals surface area (Å²) < 4.78 is 5.10. The minimum absolute atomic E-state index is 0.0748. The predicted octanol–water partition coefficient (Wildman–Crippen LogP) is 2.90. The van der Waals surface area contributed by atoms with Crippen LogP contribution in [0.25, 0.3) is 0 Å². The highest BCUT2D eigenvalue weighted by Crippen LogP contribution is 2.39. The first-order valence-corrected chi connectivity index (χ1v) is 9.95. The molecule has 5 nitrogen and oxygen atoms in total. The molecule has 1 aliphatic heterocycles. The Balaban J connectivity index is 1.47. The molecule has 0 fully saturated rings.